The zero-order chi connectivity index (χ0) is 9.85. The van der Waals surface area contributed by atoms with Gasteiger partial charge in [-0.15, -0.1) is 0 Å². The fourth-order valence-corrected chi connectivity index (χ4v) is 4.17. The Bertz CT molecular complexity index is 319. The predicted molar refractivity (Wildman–Crippen MR) is 47.0 cm³/mol. The van der Waals surface area contributed by atoms with Crippen LogP contribution in [0.15, 0.2) is 0 Å². The fourth-order valence-electron chi connectivity index (χ4n) is 2.67. The van der Waals surface area contributed by atoms with Crippen LogP contribution in [0.1, 0.15) is 26.7 Å². The summed E-state index contributed by atoms with van der Waals surface area (Å²) in [5.41, 5.74) is -0.448. The third kappa shape index (κ3) is 1.21. The molecule has 0 amide bonds. The highest BCUT2D eigenvalue weighted by atomic mass is 32.2. The number of ether oxygens (including phenoxy) is 1. The molecule has 0 aromatic carbocycles. The van der Waals surface area contributed by atoms with Crippen LogP contribution in [-0.2, 0) is 14.9 Å². The molecule has 0 saturated carbocycles. The first-order valence-corrected chi connectivity index (χ1v) is 5.95. The van der Waals surface area contributed by atoms with Crippen molar-refractivity contribution in [1.29, 1.82) is 0 Å². The van der Waals surface area contributed by atoms with Crippen LogP contribution in [0.25, 0.3) is 0 Å². The molecule has 0 aromatic rings. The minimum Gasteiger partial charge on any atom is -0.373 e. The quantitative estimate of drug-likeness (QED) is 0.645. The molecule has 76 valence electrons. The minimum absolute atomic E-state index is 0.00979. The summed E-state index contributed by atoms with van der Waals surface area (Å²) in [4.78, 5) is 0. The molecule has 0 aliphatic carbocycles. The summed E-state index contributed by atoms with van der Waals surface area (Å²) in [5, 5.41) is -0.737. The first kappa shape index (κ1) is 9.43. The molecule has 2 aliphatic rings. The molecule has 2 heterocycles. The van der Waals surface area contributed by atoms with Crippen molar-refractivity contribution in [2.45, 2.75) is 44.1 Å². The van der Waals surface area contributed by atoms with E-state index in [4.69, 9.17) is 9.29 Å². The van der Waals surface area contributed by atoms with Gasteiger partial charge < -0.3 is 4.74 Å². The van der Waals surface area contributed by atoms with E-state index in [9.17, 15) is 8.42 Å². The third-order valence-electron chi connectivity index (χ3n) is 3.27. The van der Waals surface area contributed by atoms with E-state index in [0.717, 1.165) is 12.8 Å². The molecule has 2 aliphatic heterocycles. The molecule has 5 heteroatoms. The number of hydrogen-bond acceptors (Lipinski definition) is 3. The summed E-state index contributed by atoms with van der Waals surface area (Å²) in [6, 6.07) is 0. The molecular weight excluding hydrogens is 192 g/mol. The van der Waals surface area contributed by atoms with E-state index in [1.54, 1.807) is 0 Å². The van der Waals surface area contributed by atoms with Gasteiger partial charge in [-0.05, 0) is 12.8 Å². The zero-order valence-electron chi connectivity index (χ0n) is 7.73. The Morgan fingerprint density at radius 1 is 1.38 bits per heavy atom. The fraction of sp³-hybridized carbons (Fsp3) is 1.00. The SMILES string of the molecule is CC1(C)C2CCC(O2)C1S(=O)(=O)O. The standard InChI is InChI=1S/C8H14O4S/c1-8(2)6-4-3-5(12-6)7(8)13(9,10)11/h5-7H,3-4H2,1-2H3,(H,9,10,11). The second-order valence-electron chi connectivity index (χ2n) is 4.50. The van der Waals surface area contributed by atoms with Gasteiger partial charge in [-0.2, -0.15) is 8.42 Å². The Kier molecular flexibility index (Phi) is 1.78. The van der Waals surface area contributed by atoms with Crippen LogP contribution in [0.4, 0.5) is 0 Å². The summed E-state index contributed by atoms with van der Waals surface area (Å²) in [7, 11) is -3.97. The Hall–Kier alpha value is -0.130. The van der Waals surface area contributed by atoms with Crippen LogP contribution in [0.3, 0.4) is 0 Å². The van der Waals surface area contributed by atoms with E-state index >= 15 is 0 Å². The lowest BCUT2D eigenvalue weighted by molar-refractivity contribution is 0.0737. The number of fused-ring (bicyclic) bond motifs is 2. The largest absolute Gasteiger partial charge is 0.373 e. The zero-order valence-corrected chi connectivity index (χ0v) is 8.54. The molecule has 0 spiro atoms. The second kappa shape index (κ2) is 2.46. The summed E-state index contributed by atoms with van der Waals surface area (Å²) >= 11 is 0. The number of hydrogen-bond donors (Lipinski definition) is 1. The van der Waals surface area contributed by atoms with E-state index in [1.165, 1.54) is 0 Å². The molecule has 3 atom stereocenters. The Balaban J connectivity index is 2.40. The van der Waals surface area contributed by atoms with E-state index in [-0.39, 0.29) is 12.2 Å². The van der Waals surface area contributed by atoms with Gasteiger partial charge in [0, 0.05) is 5.41 Å². The minimum atomic E-state index is -3.97. The van der Waals surface area contributed by atoms with E-state index in [1.807, 2.05) is 13.8 Å². The van der Waals surface area contributed by atoms with Gasteiger partial charge in [0.2, 0.25) is 0 Å². The highest BCUT2D eigenvalue weighted by Crippen LogP contribution is 2.49. The summed E-state index contributed by atoms with van der Waals surface area (Å²) in [5.74, 6) is 0. The molecule has 4 nitrogen and oxygen atoms in total. The monoisotopic (exact) mass is 206 g/mol. The van der Waals surface area contributed by atoms with Crippen LogP contribution in [0, 0.1) is 5.41 Å². The molecule has 3 unspecified atom stereocenters. The molecule has 2 saturated heterocycles. The molecular formula is C8H14O4S. The van der Waals surface area contributed by atoms with E-state index in [2.05, 4.69) is 0 Å². The average molecular weight is 206 g/mol. The van der Waals surface area contributed by atoms with Crippen molar-refractivity contribution in [3.63, 3.8) is 0 Å². The van der Waals surface area contributed by atoms with E-state index in [0.29, 0.717) is 0 Å². The van der Waals surface area contributed by atoms with Crippen molar-refractivity contribution in [2.24, 2.45) is 5.41 Å². The first-order chi connectivity index (χ1) is 5.83. The van der Waals surface area contributed by atoms with Gasteiger partial charge in [-0.1, -0.05) is 13.8 Å². The van der Waals surface area contributed by atoms with Crippen LogP contribution in [0.5, 0.6) is 0 Å². The lowest BCUT2D eigenvalue weighted by Gasteiger charge is -2.32. The van der Waals surface area contributed by atoms with Crippen molar-refractivity contribution < 1.29 is 17.7 Å². The van der Waals surface area contributed by atoms with E-state index < -0.39 is 20.8 Å². The van der Waals surface area contributed by atoms with Gasteiger partial charge in [0.25, 0.3) is 10.1 Å². The highest BCUT2D eigenvalue weighted by Gasteiger charge is 2.59. The topological polar surface area (TPSA) is 63.6 Å². The van der Waals surface area contributed by atoms with Crippen LogP contribution in [0.2, 0.25) is 0 Å². The molecule has 0 aromatic heterocycles. The first-order valence-electron chi connectivity index (χ1n) is 4.45. The maximum absolute atomic E-state index is 11.1. The van der Waals surface area contributed by atoms with Crippen molar-refractivity contribution in [3.8, 4) is 0 Å². The average Bonchev–Trinajstić information content (AvgIpc) is 2.38. The Morgan fingerprint density at radius 3 is 2.31 bits per heavy atom. The lowest BCUT2D eigenvalue weighted by Crippen LogP contribution is -2.44. The molecule has 2 rings (SSSR count). The molecule has 2 fully saturated rings. The van der Waals surface area contributed by atoms with Gasteiger partial charge in [0.15, 0.2) is 0 Å². The van der Waals surface area contributed by atoms with Crippen LogP contribution >= 0.6 is 0 Å². The lowest BCUT2D eigenvalue weighted by atomic mass is 9.77. The third-order valence-corrected chi connectivity index (χ3v) is 4.83. The van der Waals surface area contributed by atoms with Crippen molar-refractivity contribution in [1.82, 2.24) is 0 Å². The molecule has 1 N–H and O–H groups in total. The maximum atomic E-state index is 11.1. The van der Waals surface area contributed by atoms with Crippen LogP contribution < -0.4 is 0 Å². The van der Waals surface area contributed by atoms with Crippen molar-refractivity contribution in [2.75, 3.05) is 0 Å². The smallest absolute Gasteiger partial charge is 0.270 e. The highest BCUT2D eigenvalue weighted by molar-refractivity contribution is 7.86. The summed E-state index contributed by atoms with van der Waals surface area (Å²) < 4.78 is 36.8. The number of rotatable bonds is 1. The van der Waals surface area contributed by atoms with Gasteiger partial charge in [-0.3, -0.25) is 4.55 Å². The molecule has 0 radical (unpaired) electrons. The van der Waals surface area contributed by atoms with Crippen LogP contribution in [-0.4, -0.2) is 30.4 Å². The maximum Gasteiger partial charge on any atom is 0.270 e. The van der Waals surface area contributed by atoms with Gasteiger partial charge in [0.05, 0.1) is 12.2 Å². The van der Waals surface area contributed by atoms with Crippen molar-refractivity contribution >= 4 is 10.1 Å². The summed E-state index contributed by atoms with van der Waals surface area (Å²) in [6.45, 7) is 3.69. The van der Waals surface area contributed by atoms with Gasteiger partial charge >= 0.3 is 0 Å². The summed E-state index contributed by atoms with van der Waals surface area (Å²) in [6.07, 6.45) is 1.35. The van der Waals surface area contributed by atoms with Gasteiger partial charge in [-0.25, -0.2) is 0 Å². The van der Waals surface area contributed by atoms with Crippen molar-refractivity contribution in [3.05, 3.63) is 0 Å². The molecule has 2 bridgehead atoms. The second-order valence-corrected chi connectivity index (χ2v) is 6.04. The normalized spacial score (nSPS) is 42.5. The Labute approximate surface area is 78.0 Å². The molecule has 13 heavy (non-hydrogen) atoms. The van der Waals surface area contributed by atoms with Gasteiger partial charge in [0.1, 0.15) is 5.25 Å². The predicted octanol–water partition coefficient (Wildman–Crippen LogP) is 0.830. The Morgan fingerprint density at radius 2 is 2.00 bits per heavy atom.